The molecule has 0 aliphatic heterocycles. The van der Waals surface area contributed by atoms with Crippen LogP contribution in [0.5, 0.6) is 0 Å². The lowest BCUT2D eigenvalue weighted by atomic mass is 10.4. The highest BCUT2D eigenvalue weighted by molar-refractivity contribution is 8.93. The van der Waals surface area contributed by atoms with Crippen molar-refractivity contribution in [2.24, 2.45) is 0 Å². The van der Waals surface area contributed by atoms with Crippen LogP contribution >= 0.6 is 24.2 Å². The molecule has 0 fully saturated rings. The molecule has 2 heteroatoms. The molecular formula is C21H23BrP+. The first-order valence-electron chi connectivity index (χ1n) is 7.93. The molecule has 0 nitrogen and oxygen atoms in total. The van der Waals surface area contributed by atoms with Gasteiger partial charge in [0.15, 0.2) is 0 Å². The number of rotatable bonds is 5. The van der Waals surface area contributed by atoms with Crippen molar-refractivity contribution in [3.05, 3.63) is 91.0 Å². The van der Waals surface area contributed by atoms with Crippen LogP contribution in [-0.4, -0.2) is 6.16 Å². The molecule has 0 spiro atoms. The summed E-state index contributed by atoms with van der Waals surface area (Å²) in [6.07, 6.45) is 2.40. The van der Waals surface area contributed by atoms with E-state index in [0.717, 1.165) is 0 Å². The van der Waals surface area contributed by atoms with Crippen LogP contribution in [0, 0.1) is 0 Å². The fourth-order valence-electron chi connectivity index (χ4n) is 3.22. The highest BCUT2D eigenvalue weighted by Gasteiger charge is 2.43. The Morgan fingerprint density at radius 2 is 0.870 bits per heavy atom. The van der Waals surface area contributed by atoms with E-state index in [2.05, 4.69) is 97.9 Å². The zero-order valence-corrected chi connectivity index (χ0v) is 16.0. The van der Waals surface area contributed by atoms with Crippen molar-refractivity contribution in [1.82, 2.24) is 0 Å². The van der Waals surface area contributed by atoms with E-state index in [-0.39, 0.29) is 17.0 Å². The second kappa shape index (κ2) is 8.43. The topological polar surface area (TPSA) is 0 Å². The van der Waals surface area contributed by atoms with Gasteiger partial charge in [0.25, 0.3) is 0 Å². The van der Waals surface area contributed by atoms with Crippen LogP contribution < -0.4 is 15.9 Å². The lowest BCUT2D eigenvalue weighted by Gasteiger charge is -2.27. The Balaban J connectivity index is 0.00000192. The van der Waals surface area contributed by atoms with E-state index in [1.807, 2.05) is 0 Å². The highest BCUT2D eigenvalue weighted by Crippen LogP contribution is 2.55. The average Bonchev–Trinajstić information content (AvgIpc) is 2.62. The average molecular weight is 386 g/mol. The Labute approximate surface area is 150 Å². The van der Waals surface area contributed by atoms with Gasteiger partial charge in [0.05, 0.1) is 6.16 Å². The first-order chi connectivity index (χ1) is 10.9. The fraction of sp³-hybridized carbons (Fsp3) is 0.143. The summed E-state index contributed by atoms with van der Waals surface area (Å²) in [7, 11) is -1.55. The molecule has 0 unspecified atom stereocenters. The van der Waals surface area contributed by atoms with E-state index in [4.69, 9.17) is 0 Å². The maximum Gasteiger partial charge on any atom is 0.112 e. The Morgan fingerprint density at radius 1 is 0.565 bits per heavy atom. The Hall–Kier alpha value is -1.43. The SMILES string of the molecule is Br.CCC[P+](c1ccccc1)(c1ccccc1)c1ccccc1. The Bertz CT molecular complexity index is 599. The van der Waals surface area contributed by atoms with E-state index in [9.17, 15) is 0 Å². The summed E-state index contributed by atoms with van der Waals surface area (Å²) in [5.74, 6) is 0. The first kappa shape index (κ1) is 17.9. The molecule has 118 valence electrons. The van der Waals surface area contributed by atoms with Crippen LogP contribution in [0.3, 0.4) is 0 Å². The van der Waals surface area contributed by atoms with Crippen LogP contribution in [-0.2, 0) is 0 Å². The molecule has 0 aliphatic carbocycles. The summed E-state index contributed by atoms with van der Waals surface area (Å²) >= 11 is 0. The van der Waals surface area contributed by atoms with Crippen molar-refractivity contribution in [3.63, 3.8) is 0 Å². The number of halogens is 1. The van der Waals surface area contributed by atoms with E-state index in [0.29, 0.717) is 0 Å². The van der Waals surface area contributed by atoms with Gasteiger partial charge in [-0.15, -0.1) is 17.0 Å². The van der Waals surface area contributed by atoms with Crippen LogP contribution in [0.1, 0.15) is 13.3 Å². The van der Waals surface area contributed by atoms with Gasteiger partial charge in [0, 0.05) is 0 Å². The van der Waals surface area contributed by atoms with E-state index < -0.39 is 7.26 Å². The molecule has 3 aromatic rings. The molecule has 3 rings (SSSR count). The lowest BCUT2D eigenvalue weighted by molar-refractivity contribution is 1.10. The number of benzene rings is 3. The molecule has 0 saturated carbocycles. The molecule has 0 atom stereocenters. The molecule has 0 aliphatic rings. The summed E-state index contributed by atoms with van der Waals surface area (Å²) in [6, 6.07) is 33.2. The summed E-state index contributed by atoms with van der Waals surface area (Å²) in [5, 5.41) is 4.44. The standard InChI is InChI=1S/C21H22P.BrH/c1-2-18-22(19-12-6-3-7-13-19,20-14-8-4-9-15-20)21-16-10-5-11-17-21;/h3-17H,2,18H2,1H3;1H/q+1;. The number of hydrogen-bond acceptors (Lipinski definition) is 0. The maximum atomic E-state index is 2.31. The van der Waals surface area contributed by atoms with Gasteiger partial charge in [-0.1, -0.05) is 61.5 Å². The molecule has 0 aromatic heterocycles. The molecule has 0 heterocycles. The van der Waals surface area contributed by atoms with E-state index in [1.54, 1.807) is 0 Å². The molecule has 0 N–H and O–H groups in total. The monoisotopic (exact) mass is 385 g/mol. The second-order valence-corrected chi connectivity index (χ2v) is 9.16. The number of hydrogen-bond donors (Lipinski definition) is 0. The molecule has 0 radical (unpaired) electrons. The summed E-state index contributed by atoms with van der Waals surface area (Å²) in [5.41, 5.74) is 0. The summed E-state index contributed by atoms with van der Waals surface area (Å²) < 4.78 is 0. The van der Waals surface area contributed by atoms with Gasteiger partial charge in [-0.3, -0.25) is 0 Å². The third kappa shape index (κ3) is 3.57. The normalized spacial score (nSPS) is 10.8. The minimum atomic E-state index is -1.55. The summed E-state index contributed by atoms with van der Waals surface area (Å²) in [6.45, 7) is 2.30. The fourth-order valence-corrected chi connectivity index (χ4v) is 7.60. The highest BCUT2D eigenvalue weighted by atomic mass is 79.9. The molecule has 0 bridgehead atoms. The lowest BCUT2D eigenvalue weighted by Crippen LogP contribution is -2.33. The van der Waals surface area contributed by atoms with Gasteiger partial charge in [-0.25, -0.2) is 0 Å². The summed E-state index contributed by atoms with van der Waals surface area (Å²) in [4.78, 5) is 0. The van der Waals surface area contributed by atoms with Crippen molar-refractivity contribution in [1.29, 1.82) is 0 Å². The first-order valence-corrected chi connectivity index (χ1v) is 9.90. The maximum absolute atomic E-state index is 2.31. The van der Waals surface area contributed by atoms with Crippen LogP contribution in [0.25, 0.3) is 0 Å². The largest absolute Gasteiger partial charge is 0.114 e. The van der Waals surface area contributed by atoms with Crippen molar-refractivity contribution in [3.8, 4) is 0 Å². The quantitative estimate of drug-likeness (QED) is 0.544. The predicted octanol–water partition coefficient (Wildman–Crippen LogP) is 4.97. The zero-order chi connectivity index (χ0) is 15.3. The molecular weight excluding hydrogens is 363 g/mol. The van der Waals surface area contributed by atoms with E-state index >= 15 is 0 Å². The molecule has 23 heavy (non-hydrogen) atoms. The van der Waals surface area contributed by atoms with Gasteiger partial charge in [0.1, 0.15) is 23.2 Å². The smallest absolute Gasteiger partial charge is 0.112 e. The van der Waals surface area contributed by atoms with Crippen molar-refractivity contribution < 1.29 is 0 Å². The van der Waals surface area contributed by atoms with Crippen molar-refractivity contribution in [2.75, 3.05) is 6.16 Å². The second-order valence-electron chi connectivity index (χ2n) is 5.54. The Morgan fingerprint density at radius 3 is 1.13 bits per heavy atom. The minimum Gasteiger partial charge on any atom is -0.114 e. The van der Waals surface area contributed by atoms with Crippen molar-refractivity contribution in [2.45, 2.75) is 13.3 Å². The third-order valence-corrected chi connectivity index (χ3v) is 8.81. The minimum absolute atomic E-state index is 0. The predicted molar refractivity (Wildman–Crippen MR) is 111 cm³/mol. The van der Waals surface area contributed by atoms with Gasteiger partial charge < -0.3 is 0 Å². The van der Waals surface area contributed by atoms with Crippen LogP contribution in [0.4, 0.5) is 0 Å². The van der Waals surface area contributed by atoms with Crippen molar-refractivity contribution >= 4 is 40.2 Å². The van der Waals surface area contributed by atoms with Crippen LogP contribution in [0.2, 0.25) is 0 Å². The van der Waals surface area contributed by atoms with Crippen LogP contribution in [0.15, 0.2) is 91.0 Å². The van der Waals surface area contributed by atoms with Gasteiger partial charge in [0.2, 0.25) is 0 Å². The molecule has 0 saturated heterocycles. The molecule has 0 amide bonds. The van der Waals surface area contributed by atoms with Gasteiger partial charge in [-0.05, 0) is 42.8 Å². The third-order valence-electron chi connectivity index (χ3n) is 4.15. The zero-order valence-electron chi connectivity index (χ0n) is 13.4. The van der Waals surface area contributed by atoms with Gasteiger partial charge >= 0.3 is 0 Å². The molecule has 3 aromatic carbocycles. The Kier molecular flexibility index (Phi) is 6.57. The van der Waals surface area contributed by atoms with E-state index in [1.165, 1.54) is 28.5 Å². The van der Waals surface area contributed by atoms with Gasteiger partial charge in [-0.2, -0.15) is 0 Å².